The Morgan fingerprint density at radius 3 is 1.88 bits per heavy atom. The summed E-state index contributed by atoms with van der Waals surface area (Å²) in [5, 5.41) is 0. The number of carbonyl (C=O) groups is 1. The fourth-order valence-corrected chi connectivity index (χ4v) is 4.62. The first kappa shape index (κ1) is 24.2. The molecule has 1 aliphatic heterocycles. The summed E-state index contributed by atoms with van der Waals surface area (Å²) < 4.78 is 43.3. The second-order valence-electron chi connectivity index (χ2n) is 7.61. The molecular weight excluding hydrogens is 435 g/mol. The molecule has 0 aromatic heterocycles. The maximum atomic E-state index is 13.2. The van der Waals surface area contributed by atoms with Crippen LogP contribution in [0.1, 0.15) is 24.5 Å². The maximum absolute atomic E-state index is 13.2. The van der Waals surface area contributed by atoms with Crippen LogP contribution in [0, 0.1) is 11.6 Å². The van der Waals surface area contributed by atoms with Crippen LogP contribution >= 0.6 is 7.60 Å². The van der Waals surface area contributed by atoms with Gasteiger partial charge in [-0.05, 0) is 67.4 Å². The predicted molar refractivity (Wildman–Crippen MR) is 121 cm³/mol. The summed E-state index contributed by atoms with van der Waals surface area (Å²) in [5.41, 5.74) is 2.48. The van der Waals surface area contributed by atoms with E-state index in [0.717, 1.165) is 0 Å². The van der Waals surface area contributed by atoms with Gasteiger partial charge in [-0.3, -0.25) is 14.3 Å². The first-order valence-electron chi connectivity index (χ1n) is 10.4. The van der Waals surface area contributed by atoms with Crippen molar-refractivity contribution in [3.05, 3.63) is 82.4 Å². The molecule has 0 saturated carbocycles. The Hall–Kier alpha value is -2.44. The van der Waals surface area contributed by atoms with E-state index in [1.807, 2.05) is 4.90 Å². The van der Waals surface area contributed by atoms with Gasteiger partial charge in [-0.25, -0.2) is 8.78 Å². The van der Waals surface area contributed by atoms with Crippen molar-refractivity contribution >= 4 is 25.5 Å². The number of piperidine rings is 1. The number of Topliss-reactive ketones (excluding diaryl/α,β-unsaturated/α-hetero) is 1. The second kappa shape index (κ2) is 10.9. The highest BCUT2D eigenvalue weighted by molar-refractivity contribution is 7.52. The van der Waals surface area contributed by atoms with Crippen LogP contribution in [0.5, 0.6) is 0 Å². The minimum Gasteiger partial charge on any atom is -0.324 e. The van der Waals surface area contributed by atoms with E-state index in [1.54, 1.807) is 43.3 Å². The predicted octanol–water partition coefficient (Wildman–Crippen LogP) is 4.93. The third-order valence-electron chi connectivity index (χ3n) is 5.04. The summed E-state index contributed by atoms with van der Waals surface area (Å²) in [4.78, 5) is 24.9. The summed E-state index contributed by atoms with van der Waals surface area (Å²) in [6, 6.07) is 11.7. The molecule has 170 valence electrons. The van der Waals surface area contributed by atoms with Gasteiger partial charge in [0.05, 0.1) is 12.8 Å². The second-order valence-corrected chi connectivity index (χ2v) is 9.59. The molecule has 1 saturated heterocycles. The van der Waals surface area contributed by atoms with Gasteiger partial charge in [-0.2, -0.15) is 0 Å². The molecule has 0 spiro atoms. The average molecular weight is 461 g/mol. The van der Waals surface area contributed by atoms with Crippen LogP contribution < -0.4 is 0 Å². The number of likely N-dealkylation sites (tertiary alicyclic amines) is 1. The van der Waals surface area contributed by atoms with E-state index in [-0.39, 0.29) is 30.2 Å². The Balaban J connectivity index is 1.82. The van der Waals surface area contributed by atoms with Crippen molar-refractivity contribution in [2.45, 2.75) is 13.3 Å². The lowest BCUT2D eigenvalue weighted by Crippen LogP contribution is -2.38. The van der Waals surface area contributed by atoms with Crippen molar-refractivity contribution < 1.29 is 27.6 Å². The molecule has 32 heavy (non-hydrogen) atoms. The first-order chi connectivity index (χ1) is 15.3. The number of rotatable bonds is 8. The zero-order chi connectivity index (χ0) is 23.1. The van der Waals surface area contributed by atoms with Gasteiger partial charge in [0, 0.05) is 24.2 Å². The average Bonchev–Trinajstić information content (AvgIpc) is 2.74. The van der Waals surface area contributed by atoms with Gasteiger partial charge in [0.15, 0.2) is 5.78 Å². The third-order valence-corrected chi connectivity index (χ3v) is 6.58. The Morgan fingerprint density at radius 1 is 0.969 bits per heavy atom. The van der Waals surface area contributed by atoms with Crippen molar-refractivity contribution in [1.29, 1.82) is 0 Å². The molecule has 1 unspecified atom stereocenters. The number of nitrogens with zero attached hydrogens (tertiary/aromatic N) is 1. The van der Waals surface area contributed by atoms with Crippen molar-refractivity contribution in [2.24, 2.45) is 0 Å². The number of carbonyl (C=O) groups excluding carboxylic acids is 1. The van der Waals surface area contributed by atoms with Gasteiger partial charge >= 0.3 is 7.60 Å². The maximum Gasteiger partial charge on any atom is 0.328 e. The summed E-state index contributed by atoms with van der Waals surface area (Å²) >= 11 is 0. The highest BCUT2D eigenvalue weighted by Crippen LogP contribution is 2.42. The molecular formula is C24H26F2NO4P. The SMILES string of the molecule is CCOP(=O)(O)CCCN1C/C(=C\c2ccc(F)cc2)C(=O)/C(=C/c2ccc(F)cc2)C1. The van der Waals surface area contributed by atoms with Crippen LogP contribution in [0.2, 0.25) is 0 Å². The van der Waals surface area contributed by atoms with E-state index in [1.165, 1.54) is 24.3 Å². The third kappa shape index (κ3) is 7.04. The van der Waals surface area contributed by atoms with Crippen LogP contribution in [0.25, 0.3) is 12.2 Å². The minimum atomic E-state index is -3.62. The Labute approximate surface area is 186 Å². The summed E-state index contributed by atoms with van der Waals surface area (Å²) in [6.45, 7) is 3.05. The molecule has 0 radical (unpaired) electrons. The van der Waals surface area contributed by atoms with E-state index in [2.05, 4.69) is 0 Å². The highest BCUT2D eigenvalue weighted by atomic mass is 31.2. The smallest absolute Gasteiger partial charge is 0.324 e. The van der Waals surface area contributed by atoms with Gasteiger partial charge in [0.1, 0.15) is 11.6 Å². The number of halogens is 2. The van der Waals surface area contributed by atoms with Gasteiger partial charge in [-0.1, -0.05) is 24.3 Å². The molecule has 3 rings (SSSR count). The molecule has 0 bridgehead atoms. The van der Waals surface area contributed by atoms with E-state index >= 15 is 0 Å². The van der Waals surface area contributed by atoms with Crippen molar-refractivity contribution in [3.63, 3.8) is 0 Å². The molecule has 1 N–H and O–H groups in total. The fourth-order valence-electron chi connectivity index (χ4n) is 3.55. The largest absolute Gasteiger partial charge is 0.328 e. The zero-order valence-corrected chi connectivity index (χ0v) is 18.7. The Morgan fingerprint density at radius 2 is 1.44 bits per heavy atom. The van der Waals surface area contributed by atoms with Crippen molar-refractivity contribution in [1.82, 2.24) is 4.90 Å². The lowest BCUT2D eigenvalue weighted by atomic mass is 9.94. The number of hydrogen-bond acceptors (Lipinski definition) is 4. The summed E-state index contributed by atoms with van der Waals surface area (Å²) in [7, 11) is -3.62. The molecule has 1 aliphatic rings. The van der Waals surface area contributed by atoms with E-state index in [9.17, 15) is 23.0 Å². The lowest BCUT2D eigenvalue weighted by Gasteiger charge is -2.30. The lowest BCUT2D eigenvalue weighted by molar-refractivity contribution is -0.113. The van der Waals surface area contributed by atoms with Gasteiger partial charge < -0.3 is 9.42 Å². The van der Waals surface area contributed by atoms with Crippen molar-refractivity contribution in [2.75, 3.05) is 32.4 Å². The van der Waals surface area contributed by atoms with Gasteiger partial charge in [-0.15, -0.1) is 0 Å². The molecule has 5 nitrogen and oxygen atoms in total. The molecule has 8 heteroatoms. The first-order valence-corrected chi connectivity index (χ1v) is 12.2. The topological polar surface area (TPSA) is 66.8 Å². The molecule has 0 amide bonds. The highest BCUT2D eigenvalue weighted by Gasteiger charge is 2.27. The summed E-state index contributed by atoms with van der Waals surface area (Å²) in [6.07, 6.45) is 3.90. The molecule has 1 heterocycles. The van der Waals surface area contributed by atoms with E-state index < -0.39 is 7.60 Å². The van der Waals surface area contributed by atoms with E-state index in [0.29, 0.717) is 48.3 Å². The van der Waals surface area contributed by atoms with Crippen molar-refractivity contribution in [3.8, 4) is 0 Å². The minimum absolute atomic E-state index is 0.0271. The van der Waals surface area contributed by atoms with E-state index in [4.69, 9.17) is 4.52 Å². The standard InChI is InChI=1S/C24H26F2NO4P/c1-2-31-32(29,30)13-3-12-27-16-20(14-18-4-8-22(25)9-5-18)24(28)21(17-27)15-19-6-10-23(26)11-7-19/h4-11,14-15H,2-3,12-13,16-17H2,1H3,(H,29,30)/b20-14+,21-15+. The number of hydrogen-bond donors (Lipinski definition) is 1. The van der Waals surface area contributed by atoms with Crippen LogP contribution in [0.3, 0.4) is 0 Å². The molecule has 1 fully saturated rings. The zero-order valence-electron chi connectivity index (χ0n) is 17.8. The van der Waals surface area contributed by atoms with Gasteiger partial charge in [0.2, 0.25) is 0 Å². The van der Waals surface area contributed by atoms with Crippen LogP contribution in [0.15, 0.2) is 59.7 Å². The number of benzene rings is 2. The van der Waals surface area contributed by atoms with Crippen LogP contribution in [-0.2, 0) is 13.9 Å². The Kier molecular flexibility index (Phi) is 8.26. The normalized spacial score (nSPS) is 19.4. The fraction of sp³-hybridized carbons (Fsp3) is 0.292. The molecule has 0 aliphatic carbocycles. The quantitative estimate of drug-likeness (QED) is 0.446. The van der Waals surface area contributed by atoms with Gasteiger partial charge in [0.25, 0.3) is 0 Å². The monoisotopic (exact) mass is 461 g/mol. The molecule has 2 aromatic carbocycles. The van der Waals surface area contributed by atoms with Crippen LogP contribution in [0.4, 0.5) is 8.78 Å². The molecule has 2 aromatic rings. The number of ketones is 1. The van der Waals surface area contributed by atoms with Crippen LogP contribution in [-0.4, -0.2) is 48.0 Å². The Bertz CT molecular complexity index is 981. The summed E-state index contributed by atoms with van der Waals surface area (Å²) in [5.74, 6) is -0.844. The molecule has 1 atom stereocenters.